The molecule has 7 heteroatoms. The van der Waals surface area contributed by atoms with E-state index < -0.39 is 5.54 Å². The van der Waals surface area contributed by atoms with Crippen LogP contribution in [0.1, 0.15) is 47.9 Å². The molecule has 1 aromatic carbocycles. The van der Waals surface area contributed by atoms with Gasteiger partial charge in [-0.1, -0.05) is 17.7 Å². The lowest BCUT2D eigenvalue weighted by atomic mass is 9.85. The van der Waals surface area contributed by atoms with Crippen LogP contribution in [-0.2, 0) is 19.2 Å². The molecule has 3 heterocycles. The number of nitrogens with zero attached hydrogens (tertiary/aromatic N) is 2. The van der Waals surface area contributed by atoms with Gasteiger partial charge in [-0.25, -0.2) is 5.06 Å². The third-order valence-electron chi connectivity index (χ3n) is 6.61. The Morgan fingerprint density at radius 3 is 2.43 bits per heavy atom. The van der Waals surface area contributed by atoms with Crippen LogP contribution in [0.4, 0.5) is 0 Å². The predicted molar refractivity (Wildman–Crippen MR) is 113 cm³/mol. The van der Waals surface area contributed by atoms with Crippen molar-refractivity contribution in [1.29, 1.82) is 0 Å². The number of hydrogen-bond donors (Lipinski definition) is 1. The fourth-order valence-corrected chi connectivity index (χ4v) is 5.12. The SMILES string of the molecule is CON1CCC2(CC1)C(O)=C(c1c(C)cc(C)cc1C)C(=O)N2OCC1CCCO1. The molecule has 1 amide bonds. The molecule has 2 fully saturated rings. The maximum atomic E-state index is 13.6. The predicted octanol–water partition coefficient (Wildman–Crippen LogP) is 3.23. The number of amides is 1. The van der Waals surface area contributed by atoms with E-state index in [1.165, 1.54) is 5.06 Å². The Bertz CT molecular complexity index is 828. The number of carbonyl (C=O) groups excluding carboxylic acids is 1. The van der Waals surface area contributed by atoms with Crippen molar-refractivity contribution in [3.63, 3.8) is 0 Å². The summed E-state index contributed by atoms with van der Waals surface area (Å²) in [6.07, 6.45) is 3.00. The Hall–Kier alpha value is -1.93. The molecule has 0 bridgehead atoms. The standard InChI is InChI=1S/C23H32N2O5/c1-15-12-16(2)19(17(3)13-15)20-21(26)23(7-9-24(28-4)10-8-23)25(22(20)27)30-14-18-6-5-11-29-18/h12-13,18,26H,5-11,14H2,1-4H3. The van der Waals surface area contributed by atoms with E-state index in [-0.39, 0.29) is 17.8 Å². The zero-order valence-corrected chi connectivity index (χ0v) is 18.4. The van der Waals surface area contributed by atoms with Crippen molar-refractivity contribution in [3.05, 3.63) is 40.1 Å². The van der Waals surface area contributed by atoms with Crippen molar-refractivity contribution in [1.82, 2.24) is 10.1 Å². The van der Waals surface area contributed by atoms with Gasteiger partial charge in [0.2, 0.25) is 0 Å². The lowest BCUT2D eigenvalue weighted by molar-refractivity contribution is -0.240. The van der Waals surface area contributed by atoms with Crippen LogP contribution in [0, 0.1) is 20.8 Å². The minimum absolute atomic E-state index is 0.0112. The quantitative estimate of drug-likeness (QED) is 0.795. The maximum Gasteiger partial charge on any atom is 0.282 e. The van der Waals surface area contributed by atoms with E-state index in [4.69, 9.17) is 14.4 Å². The van der Waals surface area contributed by atoms with Gasteiger partial charge in [0, 0.05) is 19.7 Å². The highest BCUT2D eigenvalue weighted by Crippen LogP contribution is 2.46. The van der Waals surface area contributed by atoms with E-state index in [0.29, 0.717) is 38.1 Å². The number of hydroxylamine groups is 4. The van der Waals surface area contributed by atoms with Crippen LogP contribution in [0.25, 0.3) is 5.57 Å². The van der Waals surface area contributed by atoms with Crippen LogP contribution in [0.3, 0.4) is 0 Å². The van der Waals surface area contributed by atoms with E-state index in [0.717, 1.165) is 41.7 Å². The van der Waals surface area contributed by atoms with Gasteiger partial charge in [-0.05, 0) is 63.1 Å². The monoisotopic (exact) mass is 416 g/mol. The number of aliphatic hydroxyl groups is 1. The van der Waals surface area contributed by atoms with Gasteiger partial charge in [0.15, 0.2) is 0 Å². The van der Waals surface area contributed by atoms with Gasteiger partial charge >= 0.3 is 0 Å². The minimum Gasteiger partial charge on any atom is -0.509 e. The summed E-state index contributed by atoms with van der Waals surface area (Å²) in [6.45, 7) is 8.26. The van der Waals surface area contributed by atoms with Crippen molar-refractivity contribution in [2.75, 3.05) is 33.4 Å². The Kier molecular flexibility index (Phi) is 5.90. The molecule has 1 aromatic rings. The summed E-state index contributed by atoms with van der Waals surface area (Å²) < 4.78 is 5.68. The van der Waals surface area contributed by atoms with Crippen molar-refractivity contribution in [2.24, 2.45) is 0 Å². The Morgan fingerprint density at radius 2 is 1.87 bits per heavy atom. The topological polar surface area (TPSA) is 71.5 Å². The first kappa shape index (κ1) is 21.3. The van der Waals surface area contributed by atoms with Gasteiger partial charge in [0.1, 0.15) is 17.9 Å². The fourth-order valence-electron chi connectivity index (χ4n) is 5.12. The molecular formula is C23H32N2O5. The number of aliphatic hydroxyl groups excluding tert-OH is 1. The molecule has 1 spiro atoms. The highest BCUT2D eigenvalue weighted by Gasteiger charge is 2.55. The molecule has 164 valence electrons. The van der Waals surface area contributed by atoms with Gasteiger partial charge in [-0.2, -0.15) is 5.06 Å². The van der Waals surface area contributed by atoms with Gasteiger partial charge in [0.25, 0.3) is 5.91 Å². The second-order valence-electron chi connectivity index (χ2n) is 8.67. The van der Waals surface area contributed by atoms with E-state index >= 15 is 0 Å². The molecule has 0 aromatic heterocycles. The van der Waals surface area contributed by atoms with Crippen LogP contribution < -0.4 is 0 Å². The second-order valence-corrected chi connectivity index (χ2v) is 8.67. The van der Waals surface area contributed by atoms with Crippen molar-refractivity contribution in [2.45, 2.75) is 58.1 Å². The lowest BCUT2D eigenvalue weighted by Crippen LogP contribution is -2.55. The van der Waals surface area contributed by atoms with E-state index in [2.05, 4.69) is 0 Å². The summed E-state index contributed by atoms with van der Waals surface area (Å²) in [6, 6.07) is 4.10. The Morgan fingerprint density at radius 1 is 1.20 bits per heavy atom. The second kappa shape index (κ2) is 8.30. The molecule has 0 saturated carbocycles. The Balaban J connectivity index is 1.72. The molecule has 4 rings (SSSR count). The third-order valence-corrected chi connectivity index (χ3v) is 6.61. The molecule has 1 atom stereocenters. The minimum atomic E-state index is -0.871. The van der Waals surface area contributed by atoms with Crippen LogP contribution in [0.2, 0.25) is 0 Å². The van der Waals surface area contributed by atoms with Gasteiger partial charge in [-0.15, -0.1) is 0 Å². The maximum absolute atomic E-state index is 13.6. The number of piperidine rings is 1. The summed E-state index contributed by atoms with van der Waals surface area (Å²) in [5.74, 6) is -0.155. The number of aryl methyl sites for hydroxylation is 3. The molecule has 1 unspecified atom stereocenters. The first-order valence-electron chi connectivity index (χ1n) is 10.8. The third kappa shape index (κ3) is 3.54. The molecule has 30 heavy (non-hydrogen) atoms. The molecule has 7 nitrogen and oxygen atoms in total. The van der Waals surface area contributed by atoms with Gasteiger partial charge in [-0.3, -0.25) is 9.63 Å². The highest BCUT2D eigenvalue weighted by molar-refractivity contribution is 6.23. The van der Waals surface area contributed by atoms with Crippen LogP contribution >= 0.6 is 0 Å². The molecule has 1 N–H and O–H groups in total. The number of hydrogen-bond acceptors (Lipinski definition) is 6. The largest absolute Gasteiger partial charge is 0.509 e. The van der Waals surface area contributed by atoms with E-state index in [9.17, 15) is 9.90 Å². The van der Waals surface area contributed by atoms with Crippen LogP contribution in [0.15, 0.2) is 17.9 Å². The fraction of sp³-hybridized carbons (Fsp3) is 0.609. The zero-order chi connectivity index (χ0) is 21.5. The summed E-state index contributed by atoms with van der Waals surface area (Å²) in [4.78, 5) is 25.1. The molecule has 2 saturated heterocycles. The van der Waals surface area contributed by atoms with E-state index in [1.54, 1.807) is 7.11 Å². The molecule has 0 radical (unpaired) electrons. The number of rotatable bonds is 5. The van der Waals surface area contributed by atoms with Crippen molar-refractivity contribution >= 4 is 11.5 Å². The zero-order valence-electron chi connectivity index (χ0n) is 18.4. The smallest absolute Gasteiger partial charge is 0.282 e. The van der Waals surface area contributed by atoms with Gasteiger partial charge in [0.05, 0.1) is 18.8 Å². The molecular weight excluding hydrogens is 384 g/mol. The van der Waals surface area contributed by atoms with Gasteiger partial charge < -0.3 is 14.7 Å². The van der Waals surface area contributed by atoms with Crippen LogP contribution in [-0.4, -0.2) is 66.2 Å². The summed E-state index contributed by atoms with van der Waals surface area (Å²) in [7, 11) is 1.64. The lowest BCUT2D eigenvalue weighted by Gasteiger charge is -2.43. The van der Waals surface area contributed by atoms with Crippen molar-refractivity contribution < 1.29 is 24.3 Å². The first-order valence-corrected chi connectivity index (χ1v) is 10.8. The number of ether oxygens (including phenoxy) is 1. The van der Waals surface area contributed by atoms with Crippen molar-refractivity contribution in [3.8, 4) is 0 Å². The van der Waals surface area contributed by atoms with E-state index in [1.807, 2.05) is 38.0 Å². The summed E-state index contributed by atoms with van der Waals surface area (Å²) in [5, 5.41) is 14.8. The summed E-state index contributed by atoms with van der Waals surface area (Å²) in [5.41, 5.74) is 3.39. The first-order chi connectivity index (χ1) is 14.4. The highest BCUT2D eigenvalue weighted by atomic mass is 16.7. The Labute approximate surface area is 178 Å². The van der Waals surface area contributed by atoms with Crippen LogP contribution in [0.5, 0.6) is 0 Å². The summed E-state index contributed by atoms with van der Waals surface area (Å²) >= 11 is 0. The molecule has 3 aliphatic rings. The normalized spacial score (nSPS) is 24.5. The number of benzene rings is 1. The molecule has 0 aliphatic carbocycles. The number of carbonyl (C=O) groups is 1. The average molecular weight is 417 g/mol. The molecule has 3 aliphatic heterocycles. The average Bonchev–Trinajstić information content (AvgIpc) is 3.29.